The molecule has 0 aromatic heterocycles. The highest BCUT2D eigenvalue weighted by atomic mass is 35.5. The van der Waals surface area contributed by atoms with Gasteiger partial charge < -0.3 is 20.3 Å². The molecule has 1 aromatic rings. The topological polar surface area (TPSA) is 73.9 Å². The summed E-state index contributed by atoms with van der Waals surface area (Å²) >= 11 is 0. The minimum atomic E-state index is -0.260. The molecule has 2 saturated heterocycles. The molecule has 2 heterocycles. The zero-order valence-corrected chi connectivity index (χ0v) is 17.8. The number of carbonyl (C=O) groups excluding carboxylic acids is 2. The van der Waals surface area contributed by atoms with Gasteiger partial charge in [0.25, 0.3) is 0 Å². The van der Waals surface area contributed by atoms with Gasteiger partial charge in [-0.1, -0.05) is 30.3 Å². The van der Waals surface area contributed by atoms with E-state index in [2.05, 4.69) is 15.5 Å². The summed E-state index contributed by atoms with van der Waals surface area (Å²) in [5, 5.41) is 6.20. The molecular weight excluding hydrogens is 403 g/mol. The highest BCUT2D eigenvalue weighted by molar-refractivity contribution is 5.85. The van der Waals surface area contributed by atoms with E-state index in [1.807, 2.05) is 42.2 Å². The lowest BCUT2D eigenvalue weighted by Crippen LogP contribution is -2.60. The molecule has 0 saturated carbocycles. The summed E-state index contributed by atoms with van der Waals surface area (Å²) in [6, 6.07) is 9.62. The Labute approximate surface area is 179 Å². The second kappa shape index (κ2) is 12.2. The fraction of sp³-hybridized carbons (Fsp3) is 0.579. The monoisotopic (exact) mass is 432 g/mol. The molecule has 3 rings (SSSR count). The SMILES string of the molecule is C[C@H]1OCCN[C@@H]1C(=O)N1CCN(CC(=O)NCc2ccccc2)CC1.Cl.Cl. The first-order valence-corrected chi connectivity index (χ1v) is 9.30. The van der Waals surface area contributed by atoms with E-state index < -0.39 is 0 Å². The van der Waals surface area contributed by atoms with Crippen molar-refractivity contribution in [3.05, 3.63) is 35.9 Å². The number of rotatable bonds is 5. The van der Waals surface area contributed by atoms with Gasteiger partial charge in [-0.3, -0.25) is 14.5 Å². The number of morpholine rings is 1. The second-order valence-electron chi connectivity index (χ2n) is 6.87. The summed E-state index contributed by atoms with van der Waals surface area (Å²) in [6.07, 6.45) is -0.0990. The molecule has 2 fully saturated rings. The van der Waals surface area contributed by atoms with Crippen molar-refractivity contribution in [1.82, 2.24) is 20.4 Å². The number of carbonyl (C=O) groups is 2. The summed E-state index contributed by atoms with van der Waals surface area (Å²) in [4.78, 5) is 28.7. The molecule has 2 aliphatic heterocycles. The van der Waals surface area contributed by atoms with Gasteiger partial charge in [-0.15, -0.1) is 24.8 Å². The number of halogens is 2. The van der Waals surface area contributed by atoms with Crippen molar-refractivity contribution in [3.8, 4) is 0 Å². The van der Waals surface area contributed by atoms with Crippen LogP contribution in [0.5, 0.6) is 0 Å². The molecule has 1 aromatic carbocycles. The maximum Gasteiger partial charge on any atom is 0.242 e. The van der Waals surface area contributed by atoms with Gasteiger partial charge in [-0.2, -0.15) is 0 Å². The molecule has 28 heavy (non-hydrogen) atoms. The van der Waals surface area contributed by atoms with Crippen molar-refractivity contribution in [2.24, 2.45) is 0 Å². The van der Waals surface area contributed by atoms with Crippen LogP contribution in [-0.2, 0) is 20.9 Å². The fourth-order valence-electron chi connectivity index (χ4n) is 3.39. The molecule has 9 heteroatoms. The average molecular weight is 433 g/mol. The minimum Gasteiger partial charge on any atom is -0.375 e. The first-order chi connectivity index (χ1) is 12.6. The number of nitrogens with one attached hydrogen (secondary N) is 2. The van der Waals surface area contributed by atoms with Crippen molar-refractivity contribution >= 4 is 36.6 Å². The molecule has 0 aliphatic carbocycles. The van der Waals surface area contributed by atoms with Gasteiger partial charge in [0.1, 0.15) is 6.04 Å². The first kappa shape index (κ1) is 24.7. The molecule has 0 bridgehead atoms. The Hall–Kier alpha value is -1.38. The van der Waals surface area contributed by atoms with Crippen LogP contribution in [0.25, 0.3) is 0 Å². The number of hydrogen-bond acceptors (Lipinski definition) is 5. The molecule has 7 nitrogen and oxygen atoms in total. The van der Waals surface area contributed by atoms with Gasteiger partial charge >= 0.3 is 0 Å². The zero-order valence-electron chi connectivity index (χ0n) is 16.1. The number of ether oxygens (including phenoxy) is 1. The number of piperazine rings is 1. The molecular formula is C19H30Cl2N4O3. The quantitative estimate of drug-likeness (QED) is 0.714. The lowest BCUT2D eigenvalue weighted by Gasteiger charge is -2.38. The van der Waals surface area contributed by atoms with Crippen LogP contribution in [0.4, 0.5) is 0 Å². The van der Waals surface area contributed by atoms with Crippen molar-refractivity contribution in [3.63, 3.8) is 0 Å². The normalized spacial score (nSPS) is 22.5. The van der Waals surface area contributed by atoms with E-state index in [0.717, 1.165) is 5.56 Å². The lowest BCUT2D eigenvalue weighted by atomic mass is 10.1. The van der Waals surface area contributed by atoms with Crippen LogP contribution >= 0.6 is 24.8 Å². The molecule has 2 atom stereocenters. The Balaban J connectivity index is 0.00000196. The van der Waals surface area contributed by atoms with Crippen molar-refractivity contribution in [2.45, 2.75) is 25.6 Å². The third-order valence-electron chi connectivity index (χ3n) is 4.97. The molecule has 158 valence electrons. The Bertz CT molecular complexity index is 612. The Morgan fingerprint density at radius 1 is 1.14 bits per heavy atom. The average Bonchev–Trinajstić information content (AvgIpc) is 2.68. The molecule has 0 radical (unpaired) electrons. The van der Waals surface area contributed by atoms with Crippen LogP contribution in [0, 0.1) is 0 Å². The smallest absolute Gasteiger partial charge is 0.242 e. The summed E-state index contributed by atoms with van der Waals surface area (Å²) < 4.78 is 5.57. The van der Waals surface area contributed by atoms with Crippen molar-refractivity contribution in [1.29, 1.82) is 0 Å². The van der Waals surface area contributed by atoms with Crippen LogP contribution in [0.2, 0.25) is 0 Å². The van der Waals surface area contributed by atoms with E-state index in [9.17, 15) is 9.59 Å². The van der Waals surface area contributed by atoms with E-state index >= 15 is 0 Å². The zero-order chi connectivity index (χ0) is 18.4. The number of amides is 2. The number of nitrogens with zero attached hydrogens (tertiary/aromatic N) is 2. The third kappa shape index (κ3) is 6.90. The van der Waals surface area contributed by atoms with Crippen molar-refractivity contribution < 1.29 is 14.3 Å². The summed E-state index contributed by atoms with van der Waals surface area (Å²) in [7, 11) is 0. The molecule has 2 N–H and O–H groups in total. The predicted octanol–water partition coefficient (Wildman–Crippen LogP) is 0.668. The fourth-order valence-corrected chi connectivity index (χ4v) is 3.39. The van der Waals surface area contributed by atoms with Gasteiger partial charge in [-0.05, 0) is 12.5 Å². The van der Waals surface area contributed by atoms with E-state index in [0.29, 0.717) is 52.4 Å². The molecule has 2 aliphatic rings. The van der Waals surface area contributed by atoms with Gasteiger partial charge in [0, 0.05) is 39.3 Å². The van der Waals surface area contributed by atoms with Crippen LogP contribution in [0.1, 0.15) is 12.5 Å². The highest BCUT2D eigenvalue weighted by Crippen LogP contribution is 2.10. The third-order valence-corrected chi connectivity index (χ3v) is 4.97. The molecule has 0 spiro atoms. The minimum absolute atomic E-state index is 0. The van der Waals surface area contributed by atoms with E-state index in [-0.39, 0.29) is 48.8 Å². The number of hydrogen-bond donors (Lipinski definition) is 2. The highest BCUT2D eigenvalue weighted by Gasteiger charge is 2.33. The number of benzene rings is 1. The van der Waals surface area contributed by atoms with E-state index in [1.165, 1.54) is 0 Å². The van der Waals surface area contributed by atoms with Crippen LogP contribution < -0.4 is 10.6 Å². The first-order valence-electron chi connectivity index (χ1n) is 9.30. The predicted molar refractivity (Wildman–Crippen MR) is 113 cm³/mol. The molecule has 0 unspecified atom stereocenters. The standard InChI is InChI=1S/C19H28N4O3.2ClH/c1-15-18(20-7-12-26-15)19(25)23-10-8-22(9-11-23)14-17(24)21-13-16-5-3-2-4-6-16;;/h2-6,15,18,20H,7-14H2,1H3,(H,21,24);2*1H/t15-,18+;;/m1../s1. The Kier molecular flexibility index (Phi) is 10.8. The maximum atomic E-state index is 12.6. The van der Waals surface area contributed by atoms with Crippen molar-refractivity contribution in [2.75, 3.05) is 45.9 Å². The summed E-state index contributed by atoms with van der Waals surface area (Å²) in [6.45, 7) is 6.94. The van der Waals surface area contributed by atoms with Gasteiger partial charge in [-0.25, -0.2) is 0 Å². The van der Waals surface area contributed by atoms with Gasteiger partial charge in [0.05, 0.1) is 19.3 Å². The largest absolute Gasteiger partial charge is 0.375 e. The van der Waals surface area contributed by atoms with Gasteiger partial charge in [0.2, 0.25) is 11.8 Å². The Morgan fingerprint density at radius 2 is 1.82 bits per heavy atom. The van der Waals surface area contributed by atoms with Crippen LogP contribution in [-0.4, -0.2) is 79.6 Å². The van der Waals surface area contributed by atoms with E-state index in [4.69, 9.17) is 4.74 Å². The van der Waals surface area contributed by atoms with Gasteiger partial charge in [0.15, 0.2) is 0 Å². The van der Waals surface area contributed by atoms with Crippen LogP contribution in [0.15, 0.2) is 30.3 Å². The van der Waals surface area contributed by atoms with Crippen LogP contribution in [0.3, 0.4) is 0 Å². The summed E-state index contributed by atoms with van der Waals surface area (Å²) in [5.74, 6) is 0.120. The summed E-state index contributed by atoms with van der Waals surface area (Å²) in [5.41, 5.74) is 1.09. The lowest BCUT2D eigenvalue weighted by molar-refractivity contribution is -0.141. The maximum absolute atomic E-state index is 12.6. The second-order valence-corrected chi connectivity index (χ2v) is 6.87. The molecule has 2 amide bonds. The van der Waals surface area contributed by atoms with E-state index in [1.54, 1.807) is 0 Å². The Morgan fingerprint density at radius 3 is 2.46 bits per heavy atom.